The third kappa shape index (κ3) is 2.49. The Morgan fingerprint density at radius 3 is 2.67 bits per heavy atom. The summed E-state index contributed by atoms with van der Waals surface area (Å²) in [6, 6.07) is 2.87. The molecule has 0 bridgehead atoms. The van der Waals surface area contributed by atoms with E-state index in [-0.39, 0.29) is 0 Å². The highest BCUT2D eigenvalue weighted by Gasteiger charge is 2.41. The highest BCUT2D eigenvalue weighted by Crippen LogP contribution is 2.47. The van der Waals surface area contributed by atoms with Crippen LogP contribution in [0.15, 0.2) is 0 Å². The Morgan fingerprint density at radius 2 is 2.25 bits per heavy atom. The lowest BCUT2D eigenvalue weighted by Gasteiger charge is -2.16. The molecule has 1 unspecified atom stereocenters. The Labute approximate surface area is 75.0 Å². The van der Waals surface area contributed by atoms with Gasteiger partial charge < -0.3 is 5.32 Å². The molecule has 0 radical (unpaired) electrons. The summed E-state index contributed by atoms with van der Waals surface area (Å²) in [7, 11) is 0. The molecule has 1 rings (SSSR count). The lowest BCUT2D eigenvalue weighted by atomic mass is 10.0. The van der Waals surface area contributed by atoms with E-state index in [0.717, 1.165) is 13.0 Å². The van der Waals surface area contributed by atoms with Crippen molar-refractivity contribution in [2.24, 2.45) is 5.41 Å². The van der Waals surface area contributed by atoms with Gasteiger partial charge in [-0.1, -0.05) is 6.92 Å². The summed E-state index contributed by atoms with van der Waals surface area (Å²) in [5.41, 5.74) is 0.359. The first-order valence-corrected chi connectivity index (χ1v) is 4.83. The van der Waals surface area contributed by atoms with Crippen molar-refractivity contribution in [2.75, 3.05) is 6.54 Å². The molecule has 0 heterocycles. The van der Waals surface area contributed by atoms with Crippen LogP contribution in [0.25, 0.3) is 0 Å². The van der Waals surface area contributed by atoms with Gasteiger partial charge in [-0.05, 0) is 31.6 Å². The van der Waals surface area contributed by atoms with Crippen LogP contribution in [-0.4, -0.2) is 12.6 Å². The van der Waals surface area contributed by atoms with Crippen molar-refractivity contribution < 1.29 is 0 Å². The predicted octanol–water partition coefficient (Wildman–Crippen LogP) is 2.07. The summed E-state index contributed by atoms with van der Waals surface area (Å²) in [4.78, 5) is 0. The van der Waals surface area contributed by atoms with E-state index < -0.39 is 0 Å². The number of rotatable bonds is 5. The monoisotopic (exact) mass is 166 g/mol. The summed E-state index contributed by atoms with van der Waals surface area (Å²) in [6.45, 7) is 5.42. The summed E-state index contributed by atoms with van der Waals surface area (Å²) >= 11 is 0. The SMILES string of the molecule is CCC(C)NCC1(CC#N)CC1. The smallest absolute Gasteiger partial charge is 0.0628 e. The molecule has 68 valence electrons. The molecule has 0 aromatic rings. The van der Waals surface area contributed by atoms with Crippen LogP contribution in [0.2, 0.25) is 0 Å². The van der Waals surface area contributed by atoms with Gasteiger partial charge in [0.1, 0.15) is 0 Å². The second-order valence-electron chi connectivity index (χ2n) is 4.03. The molecular weight excluding hydrogens is 148 g/mol. The number of nitriles is 1. The summed E-state index contributed by atoms with van der Waals surface area (Å²) in [6.07, 6.45) is 4.38. The maximum atomic E-state index is 8.59. The quantitative estimate of drug-likeness (QED) is 0.678. The van der Waals surface area contributed by atoms with Gasteiger partial charge in [0.2, 0.25) is 0 Å². The Hall–Kier alpha value is -0.550. The van der Waals surface area contributed by atoms with Crippen LogP contribution in [0.3, 0.4) is 0 Å². The molecule has 0 aromatic heterocycles. The normalized spacial score (nSPS) is 21.4. The predicted molar refractivity (Wildman–Crippen MR) is 49.7 cm³/mol. The molecule has 1 aliphatic carbocycles. The first-order chi connectivity index (χ1) is 5.72. The van der Waals surface area contributed by atoms with Crippen molar-refractivity contribution in [3.05, 3.63) is 0 Å². The lowest BCUT2D eigenvalue weighted by Crippen LogP contribution is -2.31. The molecule has 1 aliphatic rings. The molecule has 12 heavy (non-hydrogen) atoms. The summed E-state index contributed by atoms with van der Waals surface area (Å²) in [5, 5.41) is 12.1. The zero-order valence-electron chi connectivity index (χ0n) is 8.06. The molecule has 1 fully saturated rings. The fourth-order valence-corrected chi connectivity index (χ4v) is 1.30. The van der Waals surface area contributed by atoms with E-state index >= 15 is 0 Å². The van der Waals surface area contributed by atoms with Gasteiger partial charge in [-0.3, -0.25) is 0 Å². The van der Waals surface area contributed by atoms with Crippen LogP contribution < -0.4 is 5.32 Å². The number of nitrogens with one attached hydrogen (secondary N) is 1. The standard InChI is InChI=1S/C10H18N2/c1-3-9(2)12-8-10(4-5-10)6-7-11/h9,12H,3-6,8H2,1-2H3. The maximum absolute atomic E-state index is 8.59. The fraction of sp³-hybridized carbons (Fsp3) is 0.900. The molecular formula is C10H18N2. The Morgan fingerprint density at radius 1 is 1.58 bits per heavy atom. The molecule has 0 aliphatic heterocycles. The molecule has 2 nitrogen and oxygen atoms in total. The topological polar surface area (TPSA) is 35.8 Å². The average molecular weight is 166 g/mol. The van der Waals surface area contributed by atoms with E-state index in [0.29, 0.717) is 11.5 Å². The minimum Gasteiger partial charge on any atom is -0.314 e. The van der Waals surface area contributed by atoms with Crippen molar-refractivity contribution in [1.29, 1.82) is 5.26 Å². The Kier molecular flexibility index (Phi) is 3.11. The van der Waals surface area contributed by atoms with Gasteiger partial charge in [0.25, 0.3) is 0 Å². The molecule has 1 atom stereocenters. The van der Waals surface area contributed by atoms with Crippen molar-refractivity contribution in [3.63, 3.8) is 0 Å². The number of hydrogen-bond donors (Lipinski definition) is 1. The van der Waals surface area contributed by atoms with Gasteiger partial charge in [-0.2, -0.15) is 5.26 Å². The van der Waals surface area contributed by atoms with Crippen molar-refractivity contribution in [2.45, 2.75) is 45.6 Å². The van der Waals surface area contributed by atoms with E-state index in [1.165, 1.54) is 19.3 Å². The summed E-state index contributed by atoms with van der Waals surface area (Å²) in [5.74, 6) is 0. The van der Waals surface area contributed by atoms with Crippen LogP contribution in [0, 0.1) is 16.7 Å². The largest absolute Gasteiger partial charge is 0.314 e. The first kappa shape index (κ1) is 9.54. The molecule has 0 aromatic carbocycles. The molecule has 0 amide bonds. The fourth-order valence-electron chi connectivity index (χ4n) is 1.30. The van der Waals surface area contributed by atoms with Gasteiger partial charge in [-0.25, -0.2) is 0 Å². The molecule has 0 saturated heterocycles. The van der Waals surface area contributed by atoms with Crippen LogP contribution in [0.4, 0.5) is 0 Å². The number of nitrogens with zero attached hydrogens (tertiary/aromatic N) is 1. The van der Waals surface area contributed by atoms with E-state index in [4.69, 9.17) is 5.26 Å². The van der Waals surface area contributed by atoms with E-state index in [1.54, 1.807) is 0 Å². The molecule has 2 heteroatoms. The van der Waals surface area contributed by atoms with E-state index in [2.05, 4.69) is 25.2 Å². The number of hydrogen-bond acceptors (Lipinski definition) is 2. The van der Waals surface area contributed by atoms with Gasteiger partial charge in [-0.15, -0.1) is 0 Å². The molecule has 0 spiro atoms. The minimum atomic E-state index is 0.359. The second-order valence-corrected chi connectivity index (χ2v) is 4.03. The van der Waals surface area contributed by atoms with Gasteiger partial charge in [0, 0.05) is 19.0 Å². The van der Waals surface area contributed by atoms with Gasteiger partial charge >= 0.3 is 0 Å². The Bertz CT molecular complexity index is 177. The van der Waals surface area contributed by atoms with Gasteiger partial charge in [0.15, 0.2) is 0 Å². The van der Waals surface area contributed by atoms with Crippen LogP contribution in [-0.2, 0) is 0 Å². The third-order valence-corrected chi connectivity index (χ3v) is 2.85. The molecule has 1 saturated carbocycles. The highest BCUT2D eigenvalue weighted by molar-refractivity contribution is 5.00. The van der Waals surface area contributed by atoms with Crippen molar-refractivity contribution in [3.8, 4) is 6.07 Å². The van der Waals surface area contributed by atoms with E-state index in [9.17, 15) is 0 Å². The van der Waals surface area contributed by atoms with Crippen molar-refractivity contribution in [1.82, 2.24) is 5.32 Å². The lowest BCUT2D eigenvalue weighted by molar-refractivity contribution is 0.421. The Balaban J connectivity index is 2.19. The summed E-state index contributed by atoms with van der Waals surface area (Å²) < 4.78 is 0. The highest BCUT2D eigenvalue weighted by atomic mass is 14.9. The average Bonchev–Trinajstić information content (AvgIpc) is 2.82. The van der Waals surface area contributed by atoms with Gasteiger partial charge in [0.05, 0.1) is 6.07 Å². The maximum Gasteiger partial charge on any atom is 0.0628 e. The first-order valence-electron chi connectivity index (χ1n) is 4.83. The zero-order chi connectivity index (χ0) is 9.03. The van der Waals surface area contributed by atoms with Crippen LogP contribution >= 0.6 is 0 Å². The second kappa shape index (κ2) is 3.91. The van der Waals surface area contributed by atoms with E-state index in [1.807, 2.05) is 0 Å². The zero-order valence-corrected chi connectivity index (χ0v) is 8.06. The minimum absolute atomic E-state index is 0.359. The third-order valence-electron chi connectivity index (χ3n) is 2.85. The van der Waals surface area contributed by atoms with Crippen LogP contribution in [0.1, 0.15) is 39.5 Å². The van der Waals surface area contributed by atoms with Crippen LogP contribution in [0.5, 0.6) is 0 Å². The molecule has 1 N–H and O–H groups in total. The van der Waals surface area contributed by atoms with Crippen molar-refractivity contribution >= 4 is 0 Å².